The van der Waals surface area contributed by atoms with E-state index in [-0.39, 0.29) is 28.1 Å². The summed E-state index contributed by atoms with van der Waals surface area (Å²) in [6.45, 7) is 0. The second-order valence-electron chi connectivity index (χ2n) is 9.55. The highest BCUT2D eigenvalue weighted by atomic mass is 79.9. The number of phosphoric ester groups is 1. The predicted molar refractivity (Wildman–Crippen MR) is 155 cm³/mol. The highest BCUT2D eigenvalue weighted by molar-refractivity contribution is 9.10. The summed E-state index contributed by atoms with van der Waals surface area (Å²) in [4.78, 5) is 24.1. The van der Waals surface area contributed by atoms with E-state index in [9.17, 15) is 39.8 Å². The number of halogens is 2. The van der Waals surface area contributed by atoms with Crippen LogP contribution in [0.15, 0.2) is 65.4 Å². The maximum Gasteiger partial charge on any atom is 0.527 e. The minimum atomic E-state index is -5.21. The summed E-state index contributed by atoms with van der Waals surface area (Å²) in [5.74, 6) is -0.532. The first-order valence-corrected chi connectivity index (χ1v) is 14.8. The van der Waals surface area contributed by atoms with Gasteiger partial charge in [0.15, 0.2) is 5.75 Å². The van der Waals surface area contributed by atoms with Gasteiger partial charge in [0.25, 0.3) is 0 Å². The van der Waals surface area contributed by atoms with Gasteiger partial charge in [0.1, 0.15) is 36.6 Å². The molecule has 42 heavy (non-hydrogen) atoms. The molecule has 7 atom stereocenters. The molecular weight excluding hydrogens is 661 g/mol. The Balaban J connectivity index is 0.00000405. The summed E-state index contributed by atoms with van der Waals surface area (Å²) in [5.41, 5.74) is 1.55. The highest BCUT2D eigenvalue weighted by Gasteiger charge is 2.51. The number of benzene rings is 2. The van der Waals surface area contributed by atoms with Gasteiger partial charge in [-0.1, -0.05) is 23.7 Å². The predicted octanol–water partition coefficient (Wildman–Crippen LogP) is 2.46. The molecule has 9 N–H and O–H groups in total. The Morgan fingerprint density at radius 1 is 0.952 bits per heavy atom. The number of para-hydroxylation sites is 1. The molecular formula is C26H28BrClN3O10P. The summed E-state index contributed by atoms with van der Waals surface area (Å²) >= 11 is 9.88. The van der Waals surface area contributed by atoms with Gasteiger partial charge in [-0.2, -0.15) is 0 Å². The number of rotatable bonds is 7. The van der Waals surface area contributed by atoms with Gasteiger partial charge >= 0.3 is 7.82 Å². The monoisotopic (exact) mass is 687 g/mol. The molecule has 2 aromatic heterocycles. The molecule has 2 aromatic carbocycles. The van der Waals surface area contributed by atoms with E-state index in [1.165, 1.54) is 6.20 Å². The number of hydrogen-bond acceptors (Lipinski definition) is 10. The number of nitrogens with zero attached hydrogens (tertiary/aromatic N) is 2. The zero-order valence-corrected chi connectivity index (χ0v) is 25.1. The van der Waals surface area contributed by atoms with Gasteiger partial charge in [0.05, 0.1) is 33.5 Å². The van der Waals surface area contributed by atoms with Crippen molar-refractivity contribution in [3.05, 3.63) is 81.7 Å². The van der Waals surface area contributed by atoms with Crippen LogP contribution in [-0.2, 0) is 16.1 Å². The highest BCUT2D eigenvalue weighted by Crippen LogP contribution is 2.51. The third-order valence-corrected chi connectivity index (χ3v) is 9.17. The smallest absolute Gasteiger partial charge is 0.402 e. The van der Waals surface area contributed by atoms with Crippen molar-refractivity contribution in [2.75, 3.05) is 0 Å². The van der Waals surface area contributed by atoms with Gasteiger partial charge in [-0.3, -0.25) is 14.2 Å². The lowest BCUT2D eigenvalue weighted by atomic mass is 9.85. The Bertz CT molecular complexity index is 1660. The minimum absolute atomic E-state index is 0. The van der Waals surface area contributed by atoms with Crippen LogP contribution in [0.4, 0.5) is 0 Å². The van der Waals surface area contributed by atoms with Crippen molar-refractivity contribution in [1.29, 1.82) is 0 Å². The topological polar surface area (TPSA) is 219 Å². The number of aryl methyl sites for hydroxylation is 1. The number of aromatic nitrogens is 2. The molecule has 13 nitrogen and oxygen atoms in total. The molecule has 226 valence electrons. The molecule has 0 amide bonds. The van der Waals surface area contributed by atoms with Gasteiger partial charge in [-0.15, -0.1) is 0 Å². The molecule has 1 aliphatic rings. The van der Waals surface area contributed by atoms with Crippen molar-refractivity contribution in [1.82, 2.24) is 15.3 Å². The third-order valence-electron chi connectivity index (χ3n) is 6.95. The molecule has 2 heterocycles. The third kappa shape index (κ3) is 5.68. The molecule has 5 rings (SSSR count). The SMILES string of the molecule is Cn1cccc1C(=O)c1ccccc1-n1cc(OP(=O)(O)OC2[C@H](O)[C@H](O)C(O)[C@H](O)[C@H]2O)c2c(Cl)c(Br)ccc21.N. The summed E-state index contributed by atoms with van der Waals surface area (Å²) in [6.07, 6.45) is -8.91. The van der Waals surface area contributed by atoms with Crippen LogP contribution in [0.25, 0.3) is 16.6 Å². The van der Waals surface area contributed by atoms with E-state index >= 15 is 0 Å². The summed E-state index contributed by atoms with van der Waals surface area (Å²) < 4.78 is 27.1. The maximum atomic E-state index is 13.5. The fraction of sp³-hybridized carbons (Fsp3) is 0.269. The van der Waals surface area contributed by atoms with Crippen LogP contribution in [0, 0.1) is 0 Å². The average molecular weight is 689 g/mol. The zero-order chi connectivity index (χ0) is 29.8. The number of phosphoric acid groups is 1. The molecule has 1 aliphatic carbocycles. The number of carbonyl (C=O) groups is 1. The second-order valence-corrected chi connectivity index (χ2v) is 12.1. The lowest BCUT2D eigenvalue weighted by Gasteiger charge is -2.41. The molecule has 3 unspecified atom stereocenters. The largest absolute Gasteiger partial charge is 0.527 e. The van der Waals surface area contributed by atoms with Crippen molar-refractivity contribution < 1.29 is 48.8 Å². The molecule has 0 aliphatic heterocycles. The van der Waals surface area contributed by atoms with E-state index in [1.807, 2.05) is 0 Å². The van der Waals surface area contributed by atoms with E-state index in [2.05, 4.69) is 15.9 Å². The summed E-state index contributed by atoms with van der Waals surface area (Å²) in [5, 5.41) is 50.5. The minimum Gasteiger partial charge on any atom is -0.402 e. The fourth-order valence-corrected chi connectivity index (χ4v) is 6.40. The number of fused-ring (bicyclic) bond motifs is 1. The van der Waals surface area contributed by atoms with Crippen LogP contribution in [0.1, 0.15) is 16.1 Å². The molecule has 16 heteroatoms. The Morgan fingerprint density at radius 3 is 2.19 bits per heavy atom. The van der Waals surface area contributed by atoms with E-state index in [0.29, 0.717) is 26.9 Å². The number of aliphatic hydroxyl groups is 5. The van der Waals surface area contributed by atoms with Gasteiger partial charge in [0, 0.05) is 23.3 Å². The molecule has 0 radical (unpaired) electrons. The Morgan fingerprint density at radius 2 is 1.57 bits per heavy atom. The van der Waals surface area contributed by atoms with Crippen molar-refractivity contribution in [2.24, 2.45) is 7.05 Å². The molecule has 1 saturated carbocycles. The molecule has 0 bridgehead atoms. The number of aliphatic hydroxyl groups excluding tert-OH is 5. The van der Waals surface area contributed by atoms with Crippen molar-refractivity contribution in [3.63, 3.8) is 0 Å². The van der Waals surface area contributed by atoms with E-state index < -0.39 is 44.4 Å². The first-order valence-electron chi connectivity index (χ1n) is 12.2. The van der Waals surface area contributed by atoms with Crippen LogP contribution >= 0.6 is 35.4 Å². The standard InChI is InChI=1S/C26H25BrClN2O10P.H3N/c1-29-10-4-7-16(29)20(31)12-5-2-3-6-14(12)30-11-17(18-15(30)9-8-13(27)19(18)28)39-41(37,38)40-26-24(35)22(33)21(32)23(34)25(26)36;/h2-11,21-26,32-36H,1H3,(H,37,38);1H3/t21?,22-,23+,24-,25-,26?;/m1./s1. The fourth-order valence-electron chi connectivity index (χ4n) is 4.83. The van der Waals surface area contributed by atoms with E-state index in [4.69, 9.17) is 20.6 Å². The average Bonchev–Trinajstić information content (AvgIpc) is 3.53. The van der Waals surface area contributed by atoms with Crippen LogP contribution in [0.3, 0.4) is 0 Å². The summed E-state index contributed by atoms with van der Waals surface area (Å²) in [6, 6.07) is 13.4. The Kier molecular flexibility index (Phi) is 9.38. The van der Waals surface area contributed by atoms with Crippen LogP contribution < -0.4 is 10.7 Å². The quantitative estimate of drug-likeness (QED) is 0.110. The normalized spacial score (nSPS) is 25.5. The van der Waals surface area contributed by atoms with Crippen LogP contribution in [-0.4, -0.2) is 82.0 Å². The zero-order valence-electron chi connectivity index (χ0n) is 21.9. The molecule has 4 aromatic rings. The van der Waals surface area contributed by atoms with Gasteiger partial charge in [-0.25, -0.2) is 4.57 Å². The molecule has 0 spiro atoms. The Labute approximate surface area is 252 Å². The van der Waals surface area contributed by atoms with E-state index in [1.54, 1.807) is 70.9 Å². The van der Waals surface area contributed by atoms with Crippen LogP contribution in [0.5, 0.6) is 5.75 Å². The van der Waals surface area contributed by atoms with Crippen molar-refractivity contribution in [3.8, 4) is 11.4 Å². The Hall–Kier alpha value is -2.59. The number of hydrogen-bond donors (Lipinski definition) is 7. The number of ketones is 1. The van der Waals surface area contributed by atoms with Gasteiger partial charge in [0.2, 0.25) is 5.78 Å². The lowest BCUT2D eigenvalue weighted by Crippen LogP contribution is -2.64. The van der Waals surface area contributed by atoms with Gasteiger partial charge < -0.3 is 45.3 Å². The van der Waals surface area contributed by atoms with E-state index in [0.717, 1.165) is 0 Å². The van der Waals surface area contributed by atoms with Crippen molar-refractivity contribution >= 4 is 52.0 Å². The first kappa shape index (κ1) is 32.3. The molecule has 0 saturated heterocycles. The van der Waals surface area contributed by atoms with Gasteiger partial charge in [-0.05, 0) is 52.3 Å². The van der Waals surface area contributed by atoms with Crippen molar-refractivity contribution in [2.45, 2.75) is 36.6 Å². The number of carbonyl (C=O) groups excluding carboxylic acids is 1. The second kappa shape index (κ2) is 12.2. The molecule has 1 fully saturated rings. The lowest BCUT2D eigenvalue weighted by molar-refractivity contribution is -0.219. The maximum absolute atomic E-state index is 13.5. The van der Waals surface area contributed by atoms with Crippen LogP contribution in [0.2, 0.25) is 5.02 Å². The first-order chi connectivity index (χ1) is 19.3. The summed E-state index contributed by atoms with van der Waals surface area (Å²) in [7, 11) is -3.47.